The van der Waals surface area contributed by atoms with Gasteiger partial charge in [0.25, 0.3) is 0 Å². The van der Waals surface area contributed by atoms with Crippen molar-refractivity contribution in [1.29, 1.82) is 0 Å². The van der Waals surface area contributed by atoms with Gasteiger partial charge in [0, 0.05) is 38.3 Å². The minimum atomic E-state index is -0.528. The molecule has 1 fully saturated rings. The maximum atomic E-state index is 11.9. The van der Waals surface area contributed by atoms with Crippen LogP contribution in [0.15, 0.2) is 24.3 Å². The topological polar surface area (TPSA) is 127 Å². The molecule has 3 N–H and O–H groups in total. The smallest absolute Gasteiger partial charge is 0.248 e. The summed E-state index contributed by atoms with van der Waals surface area (Å²) in [7, 11) is 3.36. The number of ether oxygens (including phenoxy) is 1. The lowest BCUT2D eigenvalue weighted by Gasteiger charge is -2.27. The number of carbonyl (C=O) groups excluding carboxylic acids is 2. The average Bonchev–Trinajstić information content (AvgIpc) is 2.72. The van der Waals surface area contributed by atoms with Gasteiger partial charge in [0.15, 0.2) is 5.82 Å². The summed E-state index contributed by atoms with van der Waals surface area (Å²) in [6, 6.07) is 6.77. The highest BCUT2D eigenvalue weighted by molar-refractivity contribution is 5.93. The zero-order chi connectivity index (χ0) is 20.1. The molecule has 1 aliphatic heterocycles. The minimum Gasteiger partial charge on any atom is -0.378 e. The van der Waals surface area contributed by atoms with Gasteiger partial charge < -0.3 is 25.6 Å². The summed E-state index contributed by atoms with van der Waals surface area (Å²) in [5.74, 6) is 0.521. The number of nitrogens with zero attached hydrogens (tertiary/aromatic N) is 5. The summed E-state index contributed by atoms with van der Waals surface area (Å²) in [6.45, 7) is 2.53. The molecule has 28 heavy (non-hydrogen) atoms. The first kappa shape index (κ1) is 19.5. The van der Waals surface area contributed by atoms with E-state index >= 15 is 0 Å². The van der Waals surface area contributed by atoms with Crippen LogP contribution in [0.5, 0.6) is 0 Å². The fourth-order valence-electron chi connectivity index (χ4n) is 2.60. The number of rotatable bonds is 6. The number of amides is 2. The van der Waals surface area contributed by atoms with Crippen LogP contribution in [0.25, 0.3) is 11.4 Å². The number of benzene rings is 1. The summed E-state index contributed by atoms with van der Waals surface area (Å²) in [6.07, 6.45) is 0. The van der Waals surface area contributed by atoms with Gasteiger partial charge in [-0.25, -0.2) is 0 Å². The van der Waals surface area contributed by atoms with Gasteiger partial charge in [-0.1, -0.05) is 12.1 Å². The van der Waals surface area contributed by atoms with Crippen LogP contribution < -0.4 is 16.0 Å². The van der Waals surface area contributed by atoms with Gasteiger partial charge in [-0.2, -0.15) is 15.0 Å². The molecule has 0 saturated carbocycles. The standard InChI is InChI=1S/C18H23N7O3/c1-24(2)14(26)11-20-17-21-16(13-5-3-4-12(10-13)15(19)27)22-18(23-17)25-6-8-28-9-7-25/h3-5,10H,6-9,11H2,1-2H3,(H2,19,27)(H,20,21,22,23). The molecule has 2 amide bonds. The highest BCUT2D eigenvalue weighted by atomic mass is 16.5. The van der Waals surface area contributed by atoms with E-state index in [0.29, 0.717) is 49.2 Å². The molecule has 0 spiro atoms. The van der Waals surface area contributed by atoms with Gasteiger partial charge in [0.2, 0.25) is 23.7 Å². The summed E-state index contributed by atoms with van der Waals surface area (Å²) < 4.78 is 5.38. The molecule has 1 aromatic carbocycles. The number of hydrogen-bond acceptors (Lipinski definition) is 8. The molecule has 0 bridgehead atoms. The lowest BCUT2D eigenvalue weighted by molar-refractivity contribution is -0.126. The SMILES string of the molecule is CN(C)C(=O)CNc1nc(-c2cccc(C(N)=O)c2)nc(N2CCOCC2)n1. The van der Waals surface area contributed by atoms with Crippen molar-refractivity contribution >= 4 is 23.7 Å². The second kappa shape index (κ2) is 8.61. The van der Waals surface area contributed by atoms with Crippen LogP contribution in [0.2, 0.25) is 0 Å². The third-order valence-electron chi connectivity index (χ3n) is 4.22. The number of aromatic nitrogens is 3. The largest absolute Gasteiger partial charge is 0.378 e. The molecule has 1 aromatic heterocycles. The number of anilines is 2. The van der Waals surface area contributed by atoms with E-state index in [2.05, 4.69) is 20.3 Å². The molecule has 2 heterocycles. The van der Waals surface area contributed by atoms with E-state index in [0.717, 1.165) is 0 Å². The van der Waals surface area contributed by atoms with Crippen LogP contribution >= 0.6 is 0 Å². The molecule has 0 atom stereocenters. The second-order valence-electron chi connectivity index (χ2n) is 6.47. The predicted molar refractivity (Wildman–Crippen MR) is 104 cm³/mol. The van der Waals surface area contributed by atoms with Gasteiger partial charge in [0.05, 0.1) is 19.8 Å². The van der Waals surface area contributed by atoms with E-state index in [1.165, 1.54) is 4.90 Å². The molecule has 1 aliphatic rings. The number of primary amides is 1. The first-order chi connectivity index (χ1) is 13.4. The van der Waals surface area contributed by atoms with E-state index < -0.39 is 5.91 Å². The Labute approximate surface area is 162 Å². The fourth-order valence-corrected chi connectivity index (χ4v) is 2.60. The van der Waals surface area contributed by atoms with Crippen LogP contribution in [0.1, 0.15) is 10.4 Å². The molecule has 0 aliphatic carbocycles. The molecule has 1 saturated heterocycles. The van der Waals surface area contributed by atoms with Crippen molar-refractivity contribution in [2.45, 2.75) is 0 Å². The maximum Gasteiger partial charge on any atom is 0.248 e. The maximum absolute atomic E-state index is 11.9. The zero-order valence-electron chi connectivity index (χ0n) is 15.9. The Morgan fingerprint density at radius 1 is 1.21 bits per heavy atom. The number of carbonyl (C=O) groups is 2. The zero-order valence-corrected chi connectivity index (χ0v) is 15.9. The lowest BCUT2D eigenvalue weighted by atomic mass is 10.1. The van der Waals surface area contributed by atoms with Crippen molar-refractivity contribution in [3.63, 3.8) is 0 Å². The Morgan fingerprint density at radius 3 is 2.64 bits per heavy atom. The molecule has 148 valence electrons. The Bertz CT molecular complexity index is 866. The van der Waals surface area contributed by atoms with Crippen molar-refractivity contribution < 1.29 is 14.3 Å². The van der Waals surface area contributed by atoms with E-state index in [4.69, 9.17) is 10.5 Å². The van der Waals surface area contributed by atoms with E-state index in [1.54, 1.807) is 38.4 Å². The number of nitrogens with two attached hydrogens (primary N) is 1. The van der Waals surface area contributed by atoms with Gasteiger partial charge in [-0.3, -0.25) is 9.59 Å². The summed E-state index contributed by atoms with van der Waals surface area (Å²) in [4.78, 5) is 40.3. The monoisotopic (exact) mass is 385 g/mol. The summed E-state index contributed by atoms with van der Waals surface area (Å²) in [5, 5.41) is 2.95. The normalized spacial score (nSPS) is 13.9. The van der Waals surface area contributed by atoms with Crippen LogP contribution in [-0.2, 0) is 9.53 Å². The minimum absolute atomic E-state index is 0.0559. The Hall–Kier alpha value is -3.27. The fraction of sp³-hybridized carbons (Fsp3) is 0.389. The van der Waals surface area contributed by atoms with Crippen molar-refractivity contribution in [3.8, 4) is 11.4 Å². The molecule has 2 aromatic rings. The molecule has 10 nitrogen and oxygen atoms in total. The molecular weight excluding hydrogens is 362 g/mol. The average molecular weight is 385 g/mol. The number of hydrogen-bond donors (Lipinski definition) is 2. The molecular formula is C18H23N7O3. The van der Waals surface area contributed by atoms with E-state index in [9.17, 15) is 9.59 Å². The van der Waals surface area contributed by atoms with Crippen LogP contribution in [0, 0.1) is 0 Å². The number of nitrogens with one attached hydrogen (secondary N) is 1. The van der Waals surface area contributed by atoms with Gasteiger partial charge in [-0.15, -0.1) is 0 Å². The molecule has 10 heteroatoms. The highest BCUT2D eigenvalue weighted by Gasteiger charge is 2.18. The van der Waals surface area contributed by atoms with Crippen LogP contribution in [-0.4, -0.2) is 78.6 Å². The van der Waals surface area contributed by atoms with Gasteiger partial charge in [0.1, 0.15) is 0 Å². The van der Waals surface area contributed by atoms with Crippen molar-refractivity contribution in [2.75, 3.05) is 57.2 Å². The summed E-state index contributed by atoms with van der Waals surface area (Å²) in [5.41, 5.74) is 6.38. The Balaban J connectivity index is 1.95. The molecule has 0 unspecified atom stereocenters. The second-order valence-corrected chi connectivity index (χ2v) is 6.47. The number of likely N-dealkylation sites (N-methyl/N-ethyl adjacent to an activating group) is 1. The van der Waals surface area contributed by atoms with Gasteiger partial charge in [-0.05, 0) is 12.1 Å². The lowest BCUT2D eigenvalue weighted by Crippen LogP contribution is -2.37. The van der Waals surface area contributed by atoms with Gasteiger partial charge >= 0.3 is 0 Å². The predicted octanol–water partition coefficient (Wildman–Crippen LogP) is -0.0258. The quantitative estimate of drug-likeness (QED) is 0.710. The van der Waals surface area contributed by atoms with Crippen LogP contribution in [0.3, 0.4) is 0 Å². The van der Waals surface area contributed by atoms with E-state index in [1.807, 2.05) is 4.90 Å². The van der Waals surface area contributed by atoms with Crippen molar-refractivity contribution in [3.05, 3.63) is 29.8 Å². The third kappa shape index (κ3) is 4.71. The van der Waals surface area contributed by atoms with Crippen molar-refractivity contribution in [2.24, 2.45) is 5.73 Å². The Kier molecular flexibility index (Phi) is 5.99. The van der Waals surface area contributed by atoms with E-state index in [-0.39, 0.29) is 18.4 Å². The first-order valence-corrected chi connectivity index (χ1v) is 8.87. The molecule has 3 rings (SSSR count). The van der Waals surface area contributed by atoms with Crippen molar-refractivity contribution in [1.82, 2.24) is 19.9 Å². The first-order valence-electron chi connectivity index (χ1n) is 8.87. The highest BCUT2D eigenvalue weighted by Crippen LogP contribution is 2.21. The summed E-state index contributed by atoms with van der Waals surface area (Å²) >= 11 is 0. The Morgan fingerprint density at radius 2 is 1.96 bits per heavy atom. The van der Waals surface area contributed by atoms with Crippen LogP contribution in [0.4, 0.5) is 11.9 Å². The third-order valence-corrected chi connectivity index (χ3v) is 4.22. The molecule has 0 radical (unpaired) electrons. The number of morpholine rings is 1.